The maximum absolute atomic E-state index is 11.3. The van der Waals surface area contributed by atoms with Gasteiger partial charge in [0.05, 0.1) is 30.6 Å². The summed E-state index contributed by atoms with van der Waals surface area (Å²) < 4.78 is 12.9. The normalized spacial score (nSPS) is 12.1. The van der Waals surface area contributed by atoms with Crippen LogP contribution in [0.1, 0.15) is 12.7 Å². The quantitative estimate of drug-likeness (QED) is 0.600. The molecule has 0 aliphatic carbocycles. The van der Waals surface area contributed by atoms with Crippen molar-refractivity contribution < 1.29 is 19.4 Å². The largest absolute Gasteiger partial charge is 0.494 e. The Kier molecular flexibility index (Phi) is 5.93. The van der Waals surface area contributed by atoms with Gasteiger partial charge in [-0.15, -0.1) is 0 Å². The number of primary amides is 1. The van der Waals surface area contributed by atoms with Crippen LogP contribution in [-0.2, 0) is 17.8 Å². The number of hydrogen-bond acceptors (Lipinski definition) is 5. The molecule has 1 unspecified atom stereocenters. The predicted octanol–water partition coefficient (Wildman–Crippen LogP) is 1.90. The fraction of sp³-hybridized carbons (Fsp3) is 0.300. The molecule has 27 heavy (non-hydrogen) atoms. The topological polar surface area (TPSA) is 99.6 Å². The van der Waals surface area contributed by atoms with Gasteiger partial charge >= 0.3 is 0 Å². The highest BCUT2D eigenvalue weighted by atomic mass is 16.5. The van der Waals surface area contributed by atoms with Crippen LogP contribution >= 0.6 is 0 Å². The lowest BCUT2D eigenvalue weighted by Gasteiger charge is -2.15. The zero-order valence-electron chi connectivity index (χ0n) is 15.2. The highest BCUT2D eigenvalue weighted by Gasteiger charge is 2.16. The van der Waals surface area contributed by atoms with E-state index in [-0.39, 0.29) is 19.6 Å². The maximum Gasteiger partial charge on any atom is 0.225 e. The fourth-order valence-corrected chi connectivity index (χ4v) is 2.87. The standard InChI is InChI=1S/C20H23N3O4/c1-2-26-15-7-9-16(10-8-15)27-13-14(24)12-23-18-6-4-3-5-17(18)22-20(23)11-19(21)25/h3-10,14,24H,2,11-13H2,1H3,(H2,21,25). The van der Waals surface area contributed by atoms with Gasteiger partial charge in [-0.3, -0.25) is 4.79 Å². The summed E-state index contributed by atoms with van der Waals surface area (Å²) in [4.78, 5) is 15.8. The van der Waals surface area contributed by atoms with Gasteiger partial charge in [-0.2, -0.15) is 0 Å². The van der Waals surface area contributed by atoms with Crippen molar-refractivity contribution in [1.82, 2.24) is 9.55 Å². The summed E-state index contributed by atoms with van der Waals surface area (Å²) in [6.45, 7) is 2.88. The van der Waals surface area contributed by atoms with Gasteiger partial charge in [0.15, 0.2) is 0 Å². The number of ether oxygens (including phenoxy) is 2. The highest BCUT2D eigenvalue weighted by Crippen LogP contribution is 2.19. The van der Waals surface area contributed by atoms with E-state index in [2.05, 4.69) is 4.98 Å². The number of hydrogen-bond donors (Lipinski definition) is 2. The number of carbonyl (C=O) groups excluding carboxylic acids is 1. The Morgan fingerprint density at radius 1 is 1.15 bits per heavy atom. The van der Waals surface area contributed by atoms with Crippen LogP contribution in [0, 0.1) is 0 Å². The third-order valence-corrected chi connectivity index (χ3v) is 4.04. The van der Waals surface area contributed by atoms with Crippen LogP contribution in [0.25, 0.3) is 11.0 Å². The zero-order valence-corrected chi connectivity index (χ0v) is 15.2. The van der Waals surface area contributed by atoms with Crippen molar-refractivity contribution in [3.8, 4) is 11.5 Å². The smallest absolute Gasteiger partial charge is 0.225 e. The maximum atomic E-state index is 11.3. The van der Waals surface area contributed by atoms with E-state index in [0.29, 0.717) is 18.2 Å². The molecule has 3 rings (SSSR count). The Bertz CT molecular complexity index is 905. The zero-order chi connectivity index (χ0) is 19.2. The van der Waals surface area contributed by atoms with Crippen molar-refractivity contribution >= 4 is 16.9 Å². The molecule has 142 valence electrons. The minimum Gasteiger partial charge on any atom is -0.494 e. The second kappa shape index (κ2) is 8.55. The molecule has 7 nitrogen and oxygen atoms in total. The van der Waals surface area contributed by atoms with Crippen molar-refractivity contribution in [1.29, 1.82) is 0 Å². The van der Waals surface area contributed by atoms with Gasteiger partial charge in [-0.05, 0) is 43.3 Å². The third kappa shape index (κ3) is 4.77. The van der Waals surface area contributed by atoms with Gasteiger partial charge in [-0.1, -0.05) is 12.1 Å². The second-order valence-corrected chi connectivity index (χ2v) is 6.14. The van der Waals surface area contributed by atoms with Gasteiger partial charge in [-0.25, -0.2) is 4.98 Å². The molecule has 0 aliphatic rings. The van der Waals surface area contributed by atoms with Gasteiger partial charge in [0.2, 0.25) is 5.91 Å². The van der Waals surface area contributed by atoms with Crippen LogP contribution in [0.5, 0.6) is 11.5 Å². The summed E-state index contributed by atoms with van der Waals surface area (Å²) in [6.07, 6.45) is -0.762. The molecule has 1 amide bonds. The molecule has 1 heterocycles. The number of aliphatic hydroxyl groups excluding tert-OH is 1. The monoisotopic (exact) mass is 369 g/mol. The lowest BCUT2D eigenvalue weighted by Crippen LogP contribution is -2.26. The summed E-state index contributed by atoms with van der Waals surface area (Å²) in [7, 11) is 0. The van der Waals surface area contributed by atoms with E-state index in [1.54, 1.807) is 12.1 Å². The van der Waals surface area contributed by atoms with E-state index in [1.807, 2.05) is 47.9 Å². The average molecular weight is 369 g/mol. The molecule has 2 aromatic carbocycles. The minimum absolute atomic E-state index is 0.0150. The first-order chi connectivity index (χ1) is 13.1. The molecule has 0 saturated carbocycles. The highest BCUT2D eigenvalue weighted by molar-refractivity contribution is 5.80. The number of benzene rings is 2. The summed E-state index contributed by atoms with van der Waals surface area (Å²) in [5.41, 5.74) is 6.92. The second-order valence-electron chi connectivity index (χ2n) is 6.14. The molecular weight excluding hydrogens is 346 g/mol. The molecule has 0 fully saturated rings. The number of aromatic nitrogens is 2. The molecule has 0 spiro atoms. The van der Waals surface area contributed by atoms with Crippen LogP contribution in [-0.4, -0.2) is 39.9 Å². The first kappa shape index (κ1) is 18.7. The predicted molar refractivity (Wildman–Crippen MR) is 102 cm³/mol. The number of nitrogens with zero attached hydrogens (tertiary/aromatic N) is 2. The number of aliphatic hydroxyl groups is 1. The van der Waals surface area contributed by atoms with Crippen molar-refractivity contribution in [2.45, 2.75) is 26.0 Å². The molecule has 1 atom stereocenters. The van der Waals surface area contributed by atoms with Crippen molar-refractivity contribution in [3.05, 3.63) is 54.4 Å². The number of imidazole rings is 1. The summed E-state index contributed by atoms with van der Waals surface area (Å²) >= 11 is 0. The van der Waals surface area contributed by atoms with Crippen molar-refractivity contribution in [2.24, 2.45) is 5.73 Å². The average Bonchev–Trinajstić information content (AvgIpc) is 2.98. The Labute approximate surface area is 157 Å². The summed E-state index contributed by atoms with van der Waals surface area (Å²) in [5, 5.41) is 10.4. The van der Waals surface area contributed by atoms with E-state index < -0.39 is 12.0 Å². The van der Waals surface area contributed by atoms with Gasteiger partial charge in [0.1, 0.15) is 30.0 Å². The van der Waals surface area contributed by atoms with Gasteiger partial charge < -0.3 is 24.9 Å². The summed E-state index contributed by atoms with van der Waals surface area (Å²) in [5.74, 6) is 1.48. The summed E-state index contributed by atoms with van der Waals surface area (Å²) in [6, 6.07) is 14.7. The number of nitrogens with two attached hydrogens (primary N) is 1. The van der Waals surface area contributed by atoms with Crippen LogP contribution in [0.15, 0.2) is 48.5 Å². The van der Waals surface area contributed by atoms with Crippen LogP contribution in [0.2, 0.25) is 0 Å². The molecule has 0 radical (unpaired) electrons. The fourth-order valence-electron chi connectivity index (χ4n) is 2.87. The third-order valence-electron chi connectivity index (χ3n) is 4.04. The van der Waals surface area contributed by atoms with E-state index in [9.17, 15) is 9.90 Å². The number of para-hydroxylation sites is 2. The minimum atomic E-state index is -0.777. The number of carbonyl (C=O) groups is 1. The SMILES string of the molecule is CCOc1ccc(OCC(O)Cn2c(CC(N)=O)nc3ccccc32)cc1. The van der Waals surface area contributed by atoms with Crippen LogP contribution in [0.4, 0.5) is 0 Å². The molecule has 0 saturated heterocycles. The number of amides is 1. The van der Waals surface area contributed by atoms with Gasteiger partial charge in [0, 0.05) is 0 Å². The van der Waals surface area contributed by atoms with Crippen LogP contribution < -0.4 is 15.2 Å². The Balaban J connectivity index is 1.68. The Morgan fingerprint density at radius 2 is 1.81 bits per heavy atom. The van der Waals surface area contributed by atoms with E-state index in [4.69, 9.17) is 15.2 Å². The molecule has 1 aromatic heterocycles. The van der Waals surface area contributed by atoms with Crippen molar-refractivity contribution in [2.75, 3.05) is 13.2 Å². The van der Waals surface area contributed by atoms with E-state index in [0.717, 1.165) is 16.8 Å². The Hall–Kier alpha value is -3.06. The number of rotatable bonds is 9. The Morgan fingerprint density at radius 3 is 2.48 bits per heavy atom. The molecule has 3 N–H and O–H groups in total. The van der Waals surface area contributed by atoms with E-state index >= 15 is 0 Å². The number of fused-ring (bicyclic) bond motifs is 1. The van der Waals surface area contributed by atoms with Crippen LogP contribution in [0.3, 0.4) is 0 Å². The molecule has 0 aliphatic heterocycles. The molecule has 7 heteroatoms. The van der Waals surface area contributed by atoms with Crippen molar-refractivity contribution in [3.63, 3.8) is 0 Å². The molecule has 0 bridgehead atoms. The molecular formula is C20H23N3O4. The van der Waals surface area contributed by atoms with E-state index in [1.165, 1.54) is 0 Å². The molecule has 3 aromatic rings. The first-order valence-electron chi connectivity index (χ1n) is 8.83. The lowest BCUT2D eigenvalue weighted by molar-refractivity contribution is -0.117. The first-order valence-corrected chi connectivity index (χ1v) is 8.83. The van der Waals surface area contributed by atoms with Gasteiger partial charge in [0.25, 0.3) is 0 Å². The lowest BCUT2D eigenvalue weighted by atomic mass is 10.3.